The second-order valence-corrected chi connectivity index (χ2v) is 3.66. The van der Waals surface area contributed by atoms with E-state index < -0.39 is 0 Å². The smallest absolute Gasteiger partial charge is 0.226 e. The van der Waals surface area contributed by atoms with Crippen LogP contribution in [0.5, 0.6) is 0 Å². The minimum atomic E-state index is 0.253. The van der Waals surface area contributed by atoms with Crippen molar-refractivity contribution in [2.45, 2.75) is 26.2 Å². The highest BCUT2D eigenvalue weighted by Gasteiger charge is 2.07. The number of carbonyl (C=O) groups is 1. The van der Waals surface area contributed by atoms with E-state index >= 15 is 0 Å². The number of fused-ring (bicyclic) bond motifs is 1. The molecular formula is C11H14N4O. The molecule has 0 bridgehead atoms. The maximum Gasteiger partial charge on any atom is 0.226 e. The lowest BCUT2D eigenvalue weighted by molar-refractivity contribution is -0.118. The summed E-state index contributed by atoms with van der Waals surface area (Å²) in [5, 5.41) is 7.74. The molecule has 0 aliphatic rings. The maximum absolute atomic E-state index is 11.3. The molecule has 0 radical (unpaired) electrons. The Bertz CT molecular complexity index is 518. The zero-order valence-corrected chi connectivity index (χ0v) is 9.18. The monoisotopic (exact) mass is 218 g/mol. The van der Waals surface area contributed by atoms with Crippen molar-refractivity contribution in [3.8, 4) is 0 Å². The van der Waals surface area contributed by atoms with E-state index in [1.165, 1.54) is 0 Å². The molecule has 0 amide bonds. The Balaban J connectivity index is 2.29. The Kier molecular flexibility index (Phi) is 2.85. The molecule has 0 fully saturated rings. The van der Waals surface area contributed by atoms with Gasteiger partial charge in [0.05, 0.1) is 0 Å². The molecule has 84 valence electrons. The van der Waals surface area contributed by atoms with Crippen molar-refractivity contribution in [2.24, 2.45) is 0 Å². The van der Waals surface area contributed by atoms with Crippen LogP contribution in [0.3, 0.4) is 0 Å². The zero-order chi connectivity index (χ0) is 11.5. The number of aromatic nitrogens is 3. The minimum absolute atomic E-state index is 0.253. The Labute approximate surface area is 93.3 Å². The van der Waals surface area contributed by atoms with Crippen molar-refractivity contribution in [1.29, 1.82) is 0 Å². The molecule has 2 N–H and O–H groups in total. The predicted octanol–water partition coefficient (Wildman–Crippen LogP) is 1.22. The third-order valence-electron chi connectivity index (χ3n) is 2.59. The molecule has 0 atom stereocenters. The fourth-order valence-electron chi connectivity index (χ4n) is 1.67. The number of hydrogen-bond acceptors (Lipinski definition) is 4. The highest BCUT2D eigenvalue weighted by Crippen LogP contribution is 2.11. The summed E-state index contributed by atoms with van der Waals surface area (Å²) in [7, 11) is 0. The summed E-state index contributed by atoms with van der Waals surface area (Å²) < 4.78 is 1.78. The van der Waals surface area contributed by atoms with Gasteiger partial charge in [0, 0.05) is 18.5 Å². The summed E-state index contributed by atoms with van der Waals surface area (Å²) in [6, 6.07) is 5.68. The molecule has 0 aromatic carbocycles. The van der Waals surface area contributed by atoms with Gasteiger partial charge in [-0.05, 0) is 18.6 Å². The first-order chi connectivity index (χ1) is 7.72. The summed E-state index contributed by atoms with van der Waals surface area (Å²) in [6.45, 7) is 1.87. The second kappa shape index (κ2) is 4.30. The molecule has 5 nitrogen and oxygen atoms in total. The van der Waals surface area contributed by atoms with Crippen LogP contribution in [-0.2, 0) is 11.2 Å². The summed E-state index contributed by atoms with van der Waals surface area (Å²) in [5.74, 6) is 0.623. The van der Waals surface area contributed by atoms with Crippen LogP contribution >= 0.6 is 0 Å². The van der Waals surface area contributed by atoms with E-state index in [2.05, 4.69) is 10.2 Å². The number of nitrogens with two attached hydrogens (primary N) is 1. The number of ketones is 1. The lowest BCUT2D eigenvalue weighted by atomic mass is 10.1. The Morgan fingerprint density at radius 1 is 1.44 bits per heavy atom. The number of carbonyl (C=O) groups excluding carboxylic acids is 1. The number of nitrogen functional groups attached to an aromatic ring is 1. The fraction of sp³-hybridized carbons (Fsp3) is 0.364. The average Bonchev–Trinajstić information content (AvgIpc) is 2.69. The number of anilines is 1. The van der Waals surface area contributed by atoms with Gasteiger partial charge in [0.1, 0.15) is 5.78 Å². The number of nitrogens with zero attached hydrogens (tertiary/aromatic N) is 3. The van der Waals surface area contributed by atoms with Crippen LogP contribution in [0.4, 0.5) is 5.95 Å². The van der Waals surface area contributed by atoms with E-state index in [1.54, 1.807) is 4.40 Å². The van der Waals surface area contributed by atoms with Crippen molar-refractivity contribution in [1.82, 2.24) is 14.6 Å². The van der Waals surface area contributed by atoms with Gasteiger partial charge in [-0.2, -0.15) is 0 Å². The first-order valence-electron chi connectivity index (χ1n) is 5.32. The highest BCUT2D eigenvalue weighted by molar-refractivity contribution is 5.78. The van der Waals surface area contributed by atoms with E-state index in [0.29, 0.717) is 25.2 Å². The molecule has 2 aromatic heterocycles. The molecule has 2 rings (SSSR count). The quantitative estimate of drug-likeness (QED) is 0.837. The maximum atomic E-state index is 11.3. The van der Waals surface area contributed by atoms with Crippen LogP contribution in [0, 0.1) is 0 Å². The molecule has 0 aliphatic heterocycles. The molecular weight excluding hydrogens is 204 g/mol. The van der Waals surface area contributed by atoms with Crippen LogP contribution in [-0.4, -0.2) is 20.4 Å². The zero-order valence-electron chi connectivity index (χ0n) is 9.18. The fourth-order valence-corrected chi connectivity index (χ4v) is 1.67. The van der Waals surface area contributed by atoms with Gasteiger partial charge in [-0.15, -0.1) is 10.2 Å². The molecule has 0 aliphatic carbocycles. The standard InChI is InChI=1S/C11H14N4O/c1-2-9(16)7-6-8-4-3-5-10-13-14-11(12)15(8)10/h3-5H,2,6-7H2,1H3,(H2,12,14). The lowest BCUT2D eigenvalue weighted by Crippen LogP contribution is -2.04. The van der Waals surface area contributed by atoms with Gasteiger partial charge >= 0.3 is 0 Å². The number of pyridine rings is 1. The summed E-state index contributed by atoms with van der Waals surface area (Å²) >= 11 is 0. The Morgan fingerprint density at radius 2 is 2.25 bits per heavy atom. The first kappa shape index (κ1) is 10.6. The van der Waals surface area contributed by atoms with Crippen LogP contribution in [0.2, 0.25) is 0 Å². The Morgan fingerprint density at radius 3 is 3.00 bits per heavy atom. The molecule has 0 saturated heterocycles. The van der Waals surface area contributed by atoms with Gasteiger partial charge in [0.2, 0.25) is 5.95 Å². The van der Waals surface area contributed by atoms with Crippen molar-refractivity contribution >= 4 is 17.4 Å². The van der Waals surface area contributed by atoms with Crippen LogP contribution in [0.1, 0.15) is 25.5 Å². The normalized spacial score (nSPS) is 10.8. The molecule has 0 saturated carbocycles. The van der Waals surface area contributed by atoms with Gasteiger partial charge < -0.3 is 5.73 Å². The van der Waals surface area contributed by atoms with E-state index in [0.717, 1.165) is 11.3 Å². The van der Waals surface area contributed by atoms with E-state index in [-0.39, 0.29) is 5.78 Å². The average molecular weight is 218 g/mol. The molecule has 0 spiro atoms. The number of Topliss-reactive ketones (excluding diaryl/α,β-unsaturated/α-hetero) is 1. The van der Waals surface area contributed by atoms with Crippen LogP contribution < -0.4 is 5.73 Å². The number of hydrogen-bond donors (Lipinski definition) is 1. The molecule has 0 unspecified atom stereocenters. The largest absolute Gasteiger partial charge is 0.368 e. The molecule has 2 heterocycles. The highest BCUT2D eigenvalue weighted by atomic mass is 16.1. The van der Waals surface area contributed by atoms with E-state index in [4.69, 9.17) is 5.73 Å². The third-order valence-corrected chi connectivity index (χ3v) is 2.59. The van der Waals surface area contributed by atoms with Gasteiger partial charge in [0.15, 0.2) is 5.65 Å². The van der Waals surface area contributed by atoms with Gasteiger partial charge in [-0.25, -0.2) is 0 Å². The second-order valence-electron chi connectivity index (χ2n) is 3.66. The molecule has 16 heavy (non-hydrogen) atoms. The summed E-state index contributed by atoms with van der Waals surface area (Å²) in [5.41, 5.74) is 7.42. The molecule has 2 aromatic rings. The summed E-state index contributed by atoms with van der Waals surface area (Å²) in [6.07, 6.45) is 1.78. The lowest BCUT2D eigenvalue weighted by Gasteiger charge is -2.04. The van der Waals surface area contributed by atoms with Crippen molar-refractivity contribution < 1.29 is 4.79 Å². The minimum Gasteiger partial charge on any atom is -0.368 e. The first-order valence-corrected chi connectivity index (χ1v) is 5.32. The number of aryl methyl sites for hydroxylation is 1. The SMILES string of the molecule is CCC(=O)CCc1cccc2nnc(N)n12. The van der Waals surface area contributed by atoms with Gasteiger partial charge in [-0.3, -0.25) is 9.20 Å². The van der Waals surface area contributed by atoms with Crippen molar-refractivity contribution in [3.05, 3.63) is 23.9 Å². The topological polar surface area (TPSA) is 73.3 Å². The molecule has 5 heteroatoms. The van der Waals surface area contributed by atoms with Gasteiger partial charge in [0.25, 0.3) is 0 Å². The van der Waals surface area contributed by atoms with Gasteiger partial charge in [-0.1, -0.05) is 13.0 Å². The summed E-state index contributed by atoms with van der Waals surface area (Å²) in [4.78, 5) is 11.3. The van der Waals surface area contributed by atoms with Crippen molar-refractivity contribution in [2.75, 3.05) is 5.73 Å². The van der Waals surface area contributed by atoms with Crippen molar-refractivity contribution in [3.63, 3.8) is 0 Å². The predicted molar refractivity (Wildman–Crippen MR) is 61.0 cm³/mol. The Hall–Kier alpha value is -1.91. The number of rotatable bonds is 4. The third kappa shape index (κ3) is 1.88. The van der Waals surface area contributed by atoms with Crippen LogP contribution in [0.25, 0.3) is 5.65 Å². The van der Waals surface area contributed by atoms with E-state index in [1.807, 2.05) is 25.1 Å². The van der Waals surface area contributed by atoms with Crippen LogP contribution in [0.15, 0.2) is 18.2 Å². The van der Waals surface area contributed by atoms with E-state index in [9.17, 15) is 4.79 Å².